The first-order chi connectivity index (χ1) is 8.72. The van der Waals surface area contributed by atoms with Gasteiger partial charge in [-0.1, -0.05) is 26.7 Å². The smallest absolute Gasteiger partial charge is 0.0594 e. The van der Waals surface area contributed by atoms with E-state index in [1.807, 2.05) is 7.05 Å². The molecule has 0 atom stereocenters. The number of hydrogen-bond acceptors (Lipinski definition) is 3. The van der Waals surface area contributed by atoms with Gasteiger partial charge in [-0.05, 0) is 25.6 Å². The fourth-order valence-electron chi connectivity index (χ4n) is 2.23. The summed E-state index contributed by atoms with van der Waals surface area (Å²) in [7, 11) is 1.94. The molecule has 0 aromatic rings. The molecule has 0 unspecified atom stereocenters. The van der Waals surface area contributed by atoms with E-state index in [4.69, 9.17) is 4.74 Å². The Hall–Kier alpha value is 0.424. The zero-order chi connectivity index (χ0) is 13.2. The van der Waals surface area contributed by atoms with Crippen LogP contribution in [0, 0.1) is 5.92 Å². The van der Waals surface area contributed by atoms with Gasteiger partial charge in [0.2, 0.25) is 0 Å². The van der Waals surface area contributed by atoms with Crippen LogP contribution in [0.2, 0.25) is 0 Å². The minimum Gasteiger partial charge on any atom is -0.662 e. The summed E-state index contributed by atoms with van der Waals surface area (Å²) in [4.78, 5) is 2.49. The zero-order valence-corrected chi connectivity index (χ0v) is 14.2. The molecule has 1 heterocycles. The second kappa shape index (κ2) is 12.2. The fourth-order valence-corrected chi connectivity index (χ4v) is 2.23. The van der Waals surface area contributed by atoms with E-state index in [-0.39, 0.29) is 18.6 Å². The maximum absolute atomic E-state index is 5.64. The Morgan fingerprint density at radius 3 is 2.53 bits per heavy atom. The first-order valence-electron chi connectivity index (χ1n) is 7.32. The fraction of sp³-hybridized carbons (Fsp3) is 1.00. The van der Waals surface area contributed by atoms with Crippen LogP contribution in [0.3, 0.4) is 0 Å². The van der Waals surface area contributed by atoms with Gasteiger partial charge >= 0.3 is 0 Å². The molecule has 1 aliphatic rings. The first-order valence-corrected chi connectivity index (χ1v) is 7.32. The molecular formula is C14H30N3OV-. The first kappa shape index (κ1) is 19.4. The van der Waals surface area contributed by atoms with E-state index < -0.39 is 0 Å². The third-order valence-corrected chi connectivity index (χ3v) is 3.45. The molecule has 1 radical (unpaired) electrons. The van der Waals surface area contributed by atoms with Crippen LogP contribution in [0.4, 0.5) is 0 Å². The largest absolute Gasteiger partial charge is 0.662 e. The van der Waals surface area contributed by atoms with Gasteiger partial charge < -0.3 is 20.3 Å². The number of nitrogens with zero attached hydrogens (tertiary/aromatic N) is 2. The van der Waals surface area contributed by atoms with Gasteiger partial charge in [0.15, 0.2) is 0 Å². The van der Waals surface area contributed by atoms with Crippen LogP contribution in [0.1, 0.15) is 26.7 Å². The van der Waals surface area contributed by atoms with Gasteiger partial charge in [0, 0.05) is 31.6 Å². The number of hydrogen-bond donors (Lipinski definition) is 1. The van der Waals surface area contributed by atoms with Crippen LogP contribution in [-0.2, 0) is 23.3 Å². The molecule has 0 bridgehead atoms. The van der Waals surface area contributed by atoms with Crippen LogP contribution in [0.15, 0.2) is 0 Å². The van der Waals surface area contributed by atoms with Gasteiger partial charge in [-0.3, -0.25) is 0 Å². The average Bonchev–Trinajstić information content (AvgIpc) is 2.38. The molecule has 1 aliphatic heterocycles. The Morgan fingerprint density at radius 1 is 1.26 bits per heavy atom. The van der Waals surface area contributed by atoms with Crippen molar-refractivity contribution in [2.75, 3.05) is 53.0 Å². The van der Waals surface area contributed by atoms with Crippen LogP contribution in [0.5, 0.6) is 0 Å². The van der Waals surface area contributed by atoms with E-state index in [0.29, 0.717) is 6.04 Å². The Labute approximate surface area is 130 Å². The minimum atomic E-state index is 0. The molecule has 1 N–H and O–H groups in total. The molecule has 0 amide bonds. The van der Waals surface area contributed by atoms with E-state index in [1.54, 1.807) is 0 Å². The van der Waals surface area contributed by atoms with Crippen molar-refractivity contribution in [2.45, 2.75) is 32.7 Å². The van der Waals surface area contributed by atoms with Crippen LogP contribution in [0.25, 0.3) is 5.32 Å². The molecule has 0 aromatic carbocycles. The molecule has 19 heavy (non-hydrogen) atoms. The minimum absolute atomic E-state index is 0. The molecule has 1 fully saturated rings. The molecule has 4 nitrogen and oxygen atoms in total. The van der Waals surface area contributed by atoms with E-state index in [9.17, 15) is 0 Å². The molecule has 1 saturated heterocycles. The van der Waals surface area contributed by atoms with Gasteiger partial charge in [-0.25, -0.2) is 0 Å². The quantitative estimate of drug-likeness (QED) is 0.659. The topological polar surface area (TPSA) is 38.6 Å². The zero-order valence-electron chi connectivity index (χ0n) is 12.8. The van der Waals surface area contributed by atoms with E-state index in [1.165, 1.54) is 25.9 Å². The molecule has 0 aliphatic carbocycles. The Bertz CT molecular complexity index is 197. The van der Waals surface area contributed by atoms with Gasteiger partial charge in [-0.2, -0.15) is 7.05 Å². The average molecular weight is 307 g/mol. The third kappa shape index (κ3) is 9.88. The molecule has 0 aromatic heterocycles. The molecule has 0 spiro atoms. The molecule has 5 heteroatoms. The van der Waals surface area contributed by atoms with Crippen molar-refractivity contribution >= 4 is 0 Å². The van der Waals surface area contributed by atoms with Crippen molar-refractivity contribution < 1.29 is 23.3 Å². The maximum atomic E-state index is 5.64. The number of likely N-dealkylation sites (tertiary alicyclic amines) is 1. The summed E-state index contributed by atoms with van der Waals surface area (Å²) in [5, 5.41) is 7.75. The van der Waals surface area contributed by atoms with Crippen molar-refractivity contribution in [3.63, 3.8) is 0 Å². The third-order valence-electron chi connectivity index (χ3n) is 3.45. The molecule has 113 valence electrons. The number of piperidine rings is 1. The molecular weight excluding hydrogens is 277 g/mol. The Balaban J connectivity index is 0.00000324. The summed E-state index contributed by atoms with van der Waals surface area (Å²) in [5.41, 5.74) is 0. The van der Waals surface area contributed by atoms with Crippen molar-refractivity contribution in [3.8, 4) is 0 Å². The number of nitrogens with one attached hydrogen (secondary N) is 1. The van der Waals surface area contributed by atoms with Crippen molar-refractivity contribution in [1.29, 1.82) is 0 Å². The summed E-state index contributed by atoms with van der Waals surface area (Å²) >= 11 is 0. The standard InChI is InChI=1S/C14H30N3O.V/c1-13(2)12-16-6-10-18-11-9-17-7-4-14(15-3)5-8-17;/h13-14,16H,4-12H2,1-3H3;/q-1;. The molecule has 1 rings (SSSR count). The maximum Gasteiger partial charge on any atom is 0.0594 e. The van der Waals surface area contributed by atoms with Crippen LogP contribution < -0.4 is 5.32 Å². The summed E-state index contributed by atoms with van der Waals surface area (Å²) < 4.78 is 5.64. The monoisotopic (exact) mass is 307 g/mol. The second-order valence-electron chi connectivity index (χ2n) is 5.54. The Morgan fingerprint density at radius 2 is 1.95 bits per heavy atom. The predicted octanol–water partition coefficient (Wildman–Crippen LogP) is 1.71. The van der Waals surface area contributed by atoms with E-state index in [2.05, 4.69) is 29.4 Å². The predicted molar refractivity (Wildman–Crippen MR) is 77.3 cm³/mol. The van der Waals surface area contributed by atoms with Crippen molar-refractivity contribution in [3.05, 3.63) is 5.32 Å². The van der Waals surface area contributed by atoms with Crippen LogP contribution >= 0.6 is 0 Å². The van der Waals surface area contributed by atoms with Gasteiger partial charge in [0.05, 0.1) is 13.2 Å². The summed E-state index contributed by atoms with van der Waals surface area (Å²) in [5.74, 6) is 0.718. The summed E-state index contributed by atoms with van der Waals surface area (Å²) in [6.07, 6.45) is 2.43. The summed E-state index contributed by atoms with van der Waals surface area (Å²) in [6, 6.07) is 0.599. The molecule has 0 saturated carbocycles. The number of ether oxygens (including phenoxy) is 1. The van der Waals surface area contributed by atoms with E-state index in [0.717, 1.165) is 38.8 Å². The SMILES string of the molecule is C[N-]C1CCN(CCOCCNCC(C)C)CC1.[V]. The van der Waals surface area contributed by atoms with E-state index >= 15 is 0 Å². The van der Waals surface area contributed by atoms with Crippen LogP contribution in [-0.4, -0.2) is 63.9 Å². The normalized spacial score (nSPS) is 17.7. The van der Waals surface area contributed by atoms with Crippen molar-refractivity contribution in [2.24, 2.45) is 5.92 Å². The number of rotatable bonds is 9. The summed E-state index contributed by atoms with van der Waals surface area (Å²) in [6.45, 7) is 11.6. The Kier molecular flexibility index (Phi) is 12.5. The van der Waals surface area contributed by atoms with Crippen molar-refractivity contribution in [1.82, 2.24) is 10.2 Å². The van der Waals surface area contributed by atoms with Gasteiger partial charge in [0.1, 0.15) is 0 Å². The second-order valence-corrected chi connectivity index (χ2v) is 5.54. The van der Waals surface area contributed by atoms with Gasteiger partial charge in [0.25, 0.3) is 0 Å². The van der Waals surface area contributed by atoms with Gasteiger partial charge in [-0.15, -0.1) is 6.04 Å².